The Bertz CT molecular complexity index is 817. The Morgan fingerprint density at radius 3 is 3.12 bits per heavy atom. The van der Waals surface area contributed by atoms with E-state index < -0.39 is 0 Å². The molecule has 7 heteroatoms. The molecule has 2 aliphatic heterocycles. The lowest BCUT2D eigenvalue weighted by atomic mass is 10.1. The highest BCUT2D eigenvalue weighted by Gasteiger charge is 2.27. The fraction of sp³-hybridized carbons (Fsp3) is 0.389. The summed E-state index contributed by atoms with van der Waals surface area (Å²) < 4.78 is 0. The average molecular weight is 377 g/mol. The molecular weight excluding hydrogens is 356 g/mol. The minimum absolute atomic E-state index is 0.195. The first-order valence-electron chi connectivity index (χ1n) is 8.49. The van der Waals surface area contributed by atoms with Crippen molar-refractivity contribution in [3.63, 3.8) is 0 Å². The van der Waals surface area contributed by atoms with Crippen LogP contribution in [0.3, 0.4) is 0 Å². The first-order valence-corrected chi connectivity index (χ1v) is 9.69. The number of halogens is 1. The molecule has 1 aromatic carbocycles. The van der Waals surface area contributed by atoms with Gasteiger partial charge in [0.2, 0.25) is 0 Å². The largest absolute Gasteiger partial charge is 0.396 e. The number of hydrogen-bond acceptors (Lipinski definition) is 6. The van der Waals surface area contributed by atoms with Crippen molar-refractivity contribution in [2.24, 2.45) is 4.99 Å². The maximum absolute atomic E-state index is 9.27. The molecule has 1 aromatic heterocycles. The molecule has 132 valence electrons. The van der Waals surface area contributed by atoms with Gasteiger partial charge < -0.3 is 20.6 Å². The molecule has 0 bridgehead atoms. The van der Waals surface area contributed by atoms with E-state index in [4.69, 9.17) is 16.6 Å². The summed E-state index contributed by atoms with van der Waals surface area (Å²) >= 11 is 7.94. The zero-order valence-electron chi connectivity index (χ0n) is 14.1. The second-order valence-electron chi connectivity index (χ2n) is 6.43. The normalized spacial score (nSPS) is 19.6. The van der Waals surface area contributed by atoms with Crippen LogP contribution < -0.4 is 10.6 Å². The van der Waals surface area contributed by atoms with Crippen molar-refractivity contribution < 1.29 is 5.11 Å². The van der Waals surface area contributed by atoms with Crippen molar-refractivity contribution in [1.29, 1.82) is 0 Å². The average Bonchev–Trinajstić information content (AvgIpc) is 2.88. The van der Waals surface area contributed by atoms with Crippen molar-refractivity contribution in [2.75, 3.05) is 31.6 Å². The van der Waals surface area contributed by atoms with E-state index in [0.717, 1.165) is 53.8 Å². The summed E-state index contributed by atoms with van der Waals surface area (Å²) in [5.74, 6) is 0.984. The van der Waals surface area contributed by atoms with Crippen molar-refractivity contribution in [1.82, 2.24) is 10.2 Å². The lowest BCUT2D eigenvalue weighted by molar-refractivity contribution is 0.223. The van der Waals surface area contributed by atoms with Crippen LogP contribution in [0, 0.1) is 6.92 Å². The number of anilines is 2. The Hall–Kier alpha value is -1.60. The first kappa shape index (κ1) is 16.8. The number of piperazine rings is 1. The molecule has 2 aliphatic rings. The van der Waals surface area contributed by atoms with Crippen LogP contribution in [0.15, 0.2) is 29.3 Å². The highest BCUT2D eigenvalue weighted by atomic mass is 35.5. The van der Waals surface area contributed by atoms with Crippen LogP contribution in [0.5, 0.6) is 0 Å². The molecule has 1 saturated heterocycles. The number of aliphatic imine (C=N–C) groups is 1. The molecule has 0 aliphatic carbocycles. The van der Waals surface area contributed by atoms with Crippen LogP contribution in [0.1, 0.15) is 16.9 Å². The van der Waals surface area contributed by atoms with Gasteiger partial charge in [-0.15, -0.1) is 11.3 Å². The summed E-state index contributed by atoms with van der Waals surface area (Å²) in [7, 11) is 0. The number of nitrogens with zero attached hydrogens (tertiary/aromatic N) is 2. The van der Waals surface area contributed by atoms with Gasteiger partial charge in [0.1, 0.15) is 10.8 Å². The molecule has 0 saturated carbocycles. The van der Waals surface area contributed by atoms with Gasteiger partial charge in [0.15, 0.2) is 0 Å². The molecule has 3 heterocycles. The first-order chi connectivity index (χ1) is 12.1. The van der Waals surface area contributed by atoms with Gasteiger partial charge in [-0.2, -0.15) is 0 Å². The van der Waals surface area contributed by atoms with Gasteiger partial charge in [-0.1, -0.05) is 11.6 Å². The molecule has 1 fully saturated rings. The number of aliphatic hydroxyl groups excluding tert-OH is 1. The molecule has 0 spiro atoms. The third-order valence-corrected chi connectivity index (χ3v) is 5.76. The Labute approximate surface area is 156 Å². The van der Waals surface area contributed by atoms with Gasteiger partial charge in [-0.3, -0.25) is 0 Å². The summed E-state index contributed by atoms with van der Waals surface area (Å²) in [6.45, 7) is 4.93. The maximum Gasteiger partial charge on any atom is 0.139 e. The molecule has 0 radical (unpaired) electrons. The number of hydrogen-bond donors (Lipinski definition) is 3. The van der Waals surface area contributed by atoms with Gasteiger partial charge in [-0.05, 0) is 37.6 Å². The number of aryl methyl sites for hydroxylation is 1. The van der Waals surface area contributed by atoms with Gasteiger partial charge >= 0.3 is 0 Å². The maximum atomic E-state index is 9.27. The van der Waals surface area contributed by atoms with Crippen LogP contribution in [0.25, 0.3) is 0 Å². The Kier molecular flexibility index (Phi) is 4.69. The topological polar surface area (TPSA) is 59.9 Å². The summed E-state index contributed by atoms with van der Waals surface area (Å²) in [6, 6.07) is 8.24. The fourth-order valence-electron chi connectivity index (χ4n) is 3.38. The lowest BCUT2D eigenvalue weighted by Crippen LogP contribution is -2.53. The second-order valence-corrected chi connectivity index (χ2v) is 8.12. The van der Waals surface area contributed by atoms with Crippen molar-refractivity contribution in [3.8, 4) is 0 Å². The van der Waals surface area contributed by atoms with Crippen LogP contribution in [0.4, 0.5) is 16.4 Å². The van der Waals surface area contributed by atoms with E-state index >= 15 is 0 Å². The highest BCUT2D eigenvalue weighted by molar-refractivity contribution is 7.16. The van der Waals surface area contributed by atoms with E-state index in [9.17, 15) is 5.11 Å². The van der Waals surface area contributed by atoms with E-state index in [1.54, 1.807) is 11.3 Å². The number of nitrogens with one attached hydrogen (secondary N) is 2. The van der Waals surface area contributed by atoms with E-state index in [-0.39, 0.29) is 12.6 Å². The summed E-state index contributed by atoms with van der Waals surface area (Å²) in [4.78, 5) is 8.56. The number of fused-ring (bicyclic) bond motifs is 2. The lowest BCUT2D eigenvalue weighted by Gasteiger charge is -2.35. The standard InChI is InChI=1S/C18H21ClN4OS/c1-11-8-14-17(23-6-5-20-13(10-23)4-7-24)21-16-9-12(19)2-3-15(16)22-18(14)25-11/h2-3,8-9,13,20,22,24H,4-7,10H2,1H3. The highest BCUT2D eigenvalue weighted by Crippen LogP contribution is 2.40. The molecule has 1 atom stereocenters. The number of aliphatic hydroxyl groups is 1. The number of thiophene rings is 1. The molecule has 5 nitrogen and oxygen atoms in total. The van der Waals surface area contributed by atoms with Gasteiger partial charge in [0.05, 0.1) is 16.9 Å². The summed E-state index contributed by atoms with van der Waals surface area (Å²) in [5, 5.41) is 18.1. The van der Waals surface area contributed by atoms with Gasteiger partial charge in [-0.25, -0.2) is 4.99 Å². The Balaban J connectivity index is 1.77. The molecule has 25 heavy (non-hydrogen) atoms. The van der Waals surface area contributed by atoms with Crippen molar-refractivity contribution in [3.05, 3.63) is 39.7 Å². The zero-order valence-corrected chi connectivity index (χ0v) is 15.6. The van der Waals surface area contributed by atoms with Crippen LogP contribution >= 0.6 is 22.9 Å². The van der Waals surface area contributed by atoms with Crippen molar-refractivity contribution >= 4 is 45.1 Å². The van der Waals surface area contributed by atoms with Crippen molar-refractivity contribution in [2.45, 2.75) is 19.4 Å². The number of benzene rings is 1. The third-order valence-electron chi connectivity index (χ3n) is 4.56. The predicted molar refractivity (Wildman–Crippen MR) is 105 cm³/mol. The molecule has 3 N–H and O–H groups in total. The minimum atomic E-state index is 0.195. The predicted octanol–water partition coefficient (Wildman–Crippen LogP) is 3.50. The minimum Gasteiger partial charge on any atom is -0.396 e. The quantitative estimate of drug-likeness (QED) is 0.750. The third kappa shape index (κ3) is 3.40. The van der Waals surface area contributed by atoms with E-state index in [0.29, 0.717) is 5.02 Å². The fourth-order valence-corrected chi connectivity index (χ4v) is 4.47. The monoisotopic (exact) mass is 376 g/mol. The summed E-state index contributed by atoms with van der Waals surface area (Å²) in [6.07, 6.45) is 0.750. The second kappa shape index (κ2) is 6.96. The van der Waals surface area contributed by atoms with E-state index in [2.05, 4.69) is 28.5 Å². The Morgan fingerprint density at radius 2 is 2.28 bits per heavy atom. The molecule has 2 aromatic rings. The van der Waals surface area contributed by atoms with Crippen LogP contribution in [0.2, 0.25) is 5.02 Å². The number of amidine groups is 1. The van der Waals surface area contributed by atoms with E-state index in [1.807, 2.05) is 18.2 Å². The molecule has 4 rings (SSSR count). The molecule has 1 unspecified atom stereocenters. The Morgan fingerprint density at radius 1 is 1.40 bits per heavy atom. The van der Waals surface area contributed by atoms with Gasteiger partial charge in [0, 0.05) is 42.2 Å². The van der Waals surface area contributed by atoms with E-state index in [1.165, 1.54) is 4.88 Å². The molecule has 0 amide bonds. The number of rotatable bonds is 2. The smallest absolute Gasteiger partial charge is 0.139 e. The summed E-state index contributed by atoms with van der Waals surface area (Å²) in [5.41, 5.74) is 2.98. The van der Waals surface area contributed by atoms with Crippen LogP contribution in [-0.2, 0) is 0 Å². The zero-order chi connectivity index (χ0) is 17.4. The van der Waals surface area contributed by atoms with Gasteiger partial charge in [0.25, 0.3) is 0 Å². The molecular formula is C18H21ClN4OS. The van der Waals surface area contributed by atoms with Crippen LogP contribution in [-0.4, -0.2) is 48.1 Å². The SMILES string of the molecule is Cc1cc2c(s1)Nc1ccc(Cl)cc1N=C2N1CCNC(CCO)C1.